The van der Waals surface area contributed by atoms with Gasteiger partial charge in [-0.05, 0) is 24.1 Å². The van der Waals surface area contributed by atoms with E-state index in [9.17, 15) is 9.59 Å². The Bertz CT molecular complexity index is 923. The largest absolute Gasteiger partial charge is 0.354 e. The Morgan fingerprint density at radius 3 is 2.58 bits per heavy atom. The number of benzene rings is 2. The van der Waals surface area contributed by atoms with E-state index in [1.54, 1.807) is 0 Å². The summed E-state index contributed by atoms with van der Waals surface area (Å²) in [6.07, 6.45) is 0.929. The molecule has 0 saturated carbocycles. The number of halogens is 1. The van der Waals surface area contributed by atoms with Crippen molar-refractivity contribution in [3.05, 3.63) is 64.8 Å². The third-order valence-corrected chi connectivity index (χ3v) is 4.37. The van der Waals surface area contributed by atoms with Crippen LogP contribution in [0.2, 0.25) is 5.02 Å². The summed E-state index contributed by atoms with van der Waals surface area (Å²) in [6, 6.07) is 14.9. The number of carbonyl (C=O) groups excluding carboxylic acids is 2. The van der Waals surface area contributed by atoms with Crippen LogP contribution in [-0.2, 0) is 11.2 Å². The zero-order chi connectivity index (χ0) is 18.4. The minimum atomic E-state index is -0.271. The second-order valence-corrected chi connectivity index (χ2v) is 6.22. The predicted molar refractivity (Wildman–Crippen MR) is 101 cm³/mol. The highest BCUT2D eigenvalue weighted by atomic mass is 35.5. The molecule has 0 radical (unpaired) electrons. The molecule has 1 aromatic heterocycles. The summed E-state index contributed by atoms with van der Waals surface area (Å²) >= 11 is 6.07. The van der Waals surface area contributed by atoms with Crippen molar-refractivity contribution < 1.29 is 9.59 Å². The van der Waals surface area contributed by atoms with Gasteiger partial charge in [-0.25, -0.2) is 0 Å². The first-order valence-electron chi connectivity index (χ1n) is 8.36. The first kappa shape index (κ1) is 17.9. The molecule has 2 aromatic carbocycles. The molecular formula is C19H19ClN4O2. The maximum absolute atomic E-state index is 12.2. The van der Waals surface area contributed by atoms with Crippen molar-refractivity contribution in [3.8, 4) is 0 Å². The number of nitrogens with zero attached hydrogens (tertiary/aromatic N) is 1. The molecule has 3 aromatic rings. The lowest BCUT2D eigenvalue weighted by molar-refractivity contribution is -0.121. The number of amides is 2. The molecular weight excluding hydrogens is 352 g/mol. The number of carbonyl (C=O) groups is 2. The van der Waals surface area contributed by atoms with E-state index in [1.165, 1.54) is 0 Å². The molecule has 7 heteroatoms. The first-order valence-corrected chi connectivity index (χ1v) is 8.74. The lowest BCUT2D eigenvalue weighted by Crippen LogP contribution is -2.35. The van der Waals surface area contributed by atoms with E-state index >= 15 is 0 Å². The maximum atomic E-state index is 12.2. The maximum Gasteiger partial charge on any atom is 0.272 e. The average Bonchev–Trinajstić information content (AvgIpc) is 3.08. The zero-order valence-corrected chi connectivity index (χ0v) is 14.8. The number of hydrogen-bond donors (Lipinski definition) is 3. The molecule has 6 nitrogen and oxygen atoms in total. The summed E-state index contributed by atoms with van der Waals surface area (Å²) in [5, 5.41) is 13.8. The van der Waals surface area contributed by atoms with Gasteiger partial charge in [-0.2, -0.15) is 5.10 Å². The van der Waals surface area contributed by atoms with Gasteiger partial charge >= 0.3 is 0 Å². The molecule has 0 unspecified atom stereocenters. The van der Waals surface area contributed by atoms with Crippen molar-refractivity contribution in [2.24, 2.45) is 0 Å². The van der Waals surface area contributed by atoms with Crippen molar-refractivity contribution in [1.82, 2.24) is 20.8 Å². The lowest BCUT2D eigenvalue weighted by atomic mass is 10.1. The molecule has 3 N–H and O–H groups in total. The molecule has 0 bridgehead atoms. The fraction of sp³-hybridized carbons (Fsp3) is 0.211. The summed E-state index contributed by atoms with van der Waals surface area (Å²) in [6.45, 7) is 0.688. The summed E-state index contributed by atoms with van der Waals surface area (Å²) < 4.78 is 0. The molecule has 0 spiro atoms. The number of aromatic amines is 1. The standard InChI is InChI=1S/C19H19ClN4O2/c20-15-7-3-1-5-13(15)9-10-17(25)21-11-12-22-19(26)18-14-6-2-4-8-16(14)23-24-18/h1-8H,9-12H2,(H,21,25)(H,22,26)(H,23,24). The van der Waals surface area contributed by atoms with Gasteiger partial charge in [0.1, 0.15) is 0 Å². The number of hydrogen-bond acceptors (Lipinski definition) is 3. The van der Waals surface area contributed by atoms with Gasteiger partial charge in [0.2, 0.25) is 5.91 Å². The summed E-state index contributed by atoms with van der Waals surface area (Å²) in [4.78, 5) is 24.1. The van der Waals surface area contributed by atoms with Crippen LogP contribution in [0.15, 0.2) is 48.5 Å². The number of para-hydroxylation sites is 1. The van der Waals surface area contributed by atoms with E-state index < -0.39 is 0 Å². The van der Waals surface area contributed by atoms with Crippen LogP contribution < -0.4 is 10.6 Å². The van der Waals surface area contributed by atoms with E-state index in [4.69, 9.17) is 11.6 Å². The van der Waals surface area contributed by atoms with Crippen LogP contribution in [0.5, 0.6) is 0 Å². The third kappa shape index (κ3) is 4.40. The Morgan fingerprint density at radius 1 is 1.00 bits per heavy atom. The molecule has 26 heavy (non-hydrogen) atoms. The summed E-state index contributed by atoms with van der Waals surface area (Å²) in [7, 11) is 0. The number of H-pyrrole nitrogens is 1. The van der Waals surface area contributed by atoms with E-state index in [0.29, 0.717) is 36.6 Å². The highest BCUT2D eigenvalue weighted by molar-refractivity contribution is 6.31. The fourth-order valence-corrected chi connectivity index (χ4v) is 2.87. The molecule has 3 rings (SSSR count). The second-order valence-electron chi connectivity index (χ2n) is 5.82. The van der Waals surface area contributed by atoms with Crippen LogP contribution in [0.1, 0.15) is 22.5 Å². The van der Waals surface area contributed by atoms with E-state index in [1.807, 2.05) is 48.5 Å². The van der Waals surface area contributed by atoms with Crippen LogP contribution in [0.3, 0.4) is 0 Å². The van der Waals surface area contributed by atoms with Gasteiger partial charge in [0.25, 0.3) is 5.91 Å². The van der Waals surface area contributed by atoms with Gasteiger partial charge in [0, 0.05) is 29.9 Å². The fourth-order valence-electron chi connectivity index (χ4n) is 2.64. The molecule has 0 aliphatic carbocycles. The molecule has 0 fully saturated rings. The van der Waals surface area contributed by atoms with Gasteiger partial charge in [-0.1, -0.05) is 48.0 Å². The van der Waals surface area contributed by atoms with Gasteiger partial charge in [-0.15, -0.1) is 0 Å². The normalized spacial score (nSPS) is 10.7. The minimum absolute atomic E-state index is 0.0793. The molecule has 134 valence electrons. The second kappa shape index (κ2) is 8.49. The van der Waals surface area contributed by atoms with Gasteiger partial charge in [0.15, 0.2) is 5.69 Å². The quantitative estimate of drug-likeness (QED) is 0.559. The summed E-state index contributed by atoms with van der Waals surface area (Å²) in [5.74, 6) is -0.350. The predicted octanol–water partition coefficient (Wildman–Crippen LogP) is 2.70. The number of fused-ring (bicyclic) bond motifs is 1. The van der Waals surface area contributed by atoms with Crippen LogP contribution >= 0.6 is 11.6 Å². The monoisotopic (exact) mass is 370 g/mol. The van der Waals surface area contributed by atoms with E-state index in [2.05, 4.69) is 20.8 Å². The van der Waals surface area contributed by atoms with Crippen molar-refractivity contribution in [1.29, 1.82) is 0 Å². The third-order valence-electron chi connectivity index (χ3n) is 4.00. The Balaban J connectivity index is 1.40. The Labute approximate surface area is 155 Å². The summed E-state index contributed by atoms with van der Waals surface area (Å²) in [5.41, 5.74) is 2.11. The minimum Gasteiger partial charge on any atom is -0.354 e. The molecule has 0 atom stereocenters. The highest BCUT2D eigenvalue weighted by Gasteiger charge is 2.13. The Morgan fingerprint density at radius 2 is 1.73 bits per heavy atom. The molecule has 2 amide bonds. The molecule has 0 aliphatic rings. The van der Waals surface area contributed by atoms with E-state index in [-0.39, 0.29) is 11.8 Å². The van der Waals surface area contributed by atoms with Crippen molar-refractivity contribution in [2.75, 3.05) is 13.1 Å². The van der Waals surface area contributed by atoms with Crippen LogP contribution in [0, 0.1) is 0 Å². The SMILES string of the molecule is O=C(CCc1ccccc1Cl)NCCNC(=O)c1n[nH]c2ccccc12. The van der Waals surface area contributed by atoms with Gasteiger partial charge < -0.3 is 10.6 Å². The number of nitrogens with one attached hydrogen (secondary N) is 3. The molecule has 1 heterocycles. The molecule has 0 aliphatic heterocycles. The molecule has 0 saturated heterocycles. The topological polar surface area (TPSA) is 86.9 Å². The van der Waals surface area contributed by atoms with Crippen LogP contribution in [0.4, 0.5) is 0 Å². The smallest absolute Gasteiger partial charge is 0.272 e. The van der Waals surface area contributed by atoms with Crippen molar-refractivity contribution in [2.45, 2.75) is 12.8 Å². The zero-order valence-electron chi connectivity index (χ0n) is 14.1. The number of aromatic nitrogens is 2. The average molecular weight is 371 g/mol. The van der Waals surface area contributed by atoms with Crippen LogP contribution in [-0.4, -0.2) is 35.1 Å². The highest BCUT2D eigenvalue weighted by Crippen LogP contribution is 2.16. The van der Waals surface area contributed by atoms with E-state index in [0.717, 1.165) is 16.5 Å². The first-order chi connectivity index (χ1) is 12.6. The number of aryl methyl sites for hydroxylation is 1. The van der Waals surface area contributed by atoms with Crippen LogP contribution in [0.25, 0.3) is 10.9 Å². The lowest BCUT2D eigenvalue weighted by Gasteiger charge is -2.07. The van der Waals surface area contributed by atoms with Gasteiger partial charge in [-0.3, -0.25) is 14.7 Å². The van der Waals surface area contributed by atoms with Crippen molar-refractivity contribution in [3.63, 3.8) is 0 Å². The Hall–Kier alpha value is -2.86. The van der Waals surface area contributed by atoms with Crippen molar-refractivity contribution >= 4 is 34.3 Å². The van der Waals surface area contributed by atoms with Gasteiger partial charge in [0.05, 0.1) is 5.52 Å². The Kier molecular flexibility index (Phi) is 5.86. The number of rotatable bonds is 7.